The molecule has 2 aromatic rings. The third-order valence-electron chi connectivity index (χ3n) is 6.39. The van der Waals surface area contributed by atoms with Gasteiger partial charge in [-0.05, 0) is 42.7 Å². The summed E-state index contributed by atoms with van der Waals surface area (Å²) in [5.41, 5.74) is 4.76. The summed E-state index contributed by atoms with van der Waals surface area (Å²) < 4.78 is 0. The number of fused-ring (bicyclic) bond motifs is 1. The second-order valence-electron chi connectivity index (χ2n) is 8.68. The van der Waals surface area contributed by atoms with Gasteiger partial charge in [0.05, 0.1) is 11.4 Å². The van der Waals surface area contributed by atoms with Crippen LogP contribution in [0.3, 0.4) is 0 Å². The highest BCUT2D eigenvalue weighted by molar-refractivity contribution is 5.61. The van der Waals surface area contributed by atoms with Crippen LogP contribution < -0.4 is 10.2 Å². The molecule has 0 amide bonds. The van der Waals surface area contributed by atoms with Crippen LogP contribution >= 0.6 is 0 Å². The standard InChI is InChI=1S/C24H33N5/c1-18(15-29-12-11-20-7-4-5-8-21(20)16-29)14-25-19(2)23-13-24(27-17-26-23)28(3)22-9-6-10-22/h4-5,7-8,13,17-18,22,25H,2,6,9-12,14-16H2,1,3H3. The molecule has 1 N–H and O–H groups in total. The van der Waals surface area contributed by atoms with Gasteiger partial charge in [0, 0.05) is 45.3 Å². The summed E-state index contributed by atoms with van der Waals surface area (Å²) in [5.74, 6) is 1.53. The lowest BCUT2D eigenvalue weighted by atomic mass is 9.92. The van der Waals surface area contributed by atoms with Crippen molar-refractivity contribution in [2.45, 2.75) is 45.2 Å². The SMILES string of the molecule is C=C(NCC(C)CN1CCc2ccccc2C1)c1cc(N(C)C2CCC2)ncn1. The number of aromatic nitrogens is 2. The van der Waals surface area contributed by atoms with Crippen LogP contribution in [0.15, 0.2) is 43.2 Å². The van der Waals surface area contributed by atoms with Gasteiger partial charge in [0.2, 0.25) is 0 Å². The van der Waals surface area contributed by atoms with Crippen LogP contribution in [0.5, 0.6) is 0 Å². The maximum Gasteiger partial charge on any atom is 0.132 e. The minimum absolute atomic E-state index is 0.538. The molecule has 0 radical (unpaired) electrons. The van der Waals surface area contributed by atoms with Crippen molar-refractivity contribution in [3.63, 3.8) is 0 Å². The van der Waals surface area contributed by atoms with Gasteiger partial charge in [-0.25, -0.2) is 9.97 Å². The summed E-state index contributed by atoms with van der Waals surface area (Å²) in [6.07, 6.45) is 6.64. The first-order valence-electron chi connectivity index (χ1n) is 10.9. The molecule has 5 nitrogen and oxygen atoms in total. The van der Waals surface area contributed by atoms with Gasteiger partial charge in [-0.3, -0.25) is 4.90 Å². The molecule has 1 aliphatic heterocycles. The summed E-state index contributed by atoms with van der Waals surface area (Å²) in [7, 11) is 2.13. The summed E-state index contributed by atoms with van der Waals surface area (Å²) in [4.78, 5) is 13.7. The molecule has 4 rings (SSSR count). The van der Waals surface area contributed by atoms with Gasteiger partial charge >= 0.3 is 0 Å². The largest absolute Gasteiger partial charge is 0.383 e. The van der Waals surface area contributed by atoms with Crippen molar-refractivity contribution < 1.29 is 0 Å². The van der Waals surface area contributed by atoms with Gasteiger partial charge in [0.15, 0.2) is 0 Å². The first-order chi connectivity index (χ1) is 14.1. The maximum absolute atomic E-state index is 4.45. The Hall–Kier alpha value is -2.40. The first kappa shape index (κ1) is 19.9. The van der Waals surface area contributed by atoms with Gasteiger partial charge < -0.3 is 10.2 Å². The molecule has 2 aliphatic rings. The molecule has 154 valence electrons. The average molecular weight is 392 g/mol. The predicted octanol–water partition coefficient (Wildman–Crippen LogP) is 3.72. The molecule has 1 fully saturated rings. The Labute approximate surface area is 174 Å². The van der Waals surface area contributed by atoms with E-state index < -0.39 is 0 Å². The molecule has 5 heteroatoms. The van der Waals surface area contributed by atoms with Crippen LogP contribution in [0.1, 0.15) is 43.0 Å². The van der Waals surface area contributed by atoms with E-state index >= 15 is 0 Å². The molecule has 1 aromatic heterocycles. The van der Waals surface area contributed by atoms with Crippen LogP contribution in [0.25, 0.3) is 5.70 Å². The van der Waals surface area contributed by atoms with E-state index in [0.717, 1.165) is 49.8 Å². The molecule has 0 saturated heterocycles. The van der Waals surface area contributed by atoms with E-state index in [1.54, 1.807) is 6.33 Å². The van der Waals surface area contributed by atoms with E-state index in [0.29, 0.717) is 12.0 Å². The lowest BCUT2D eigenvalue weighted by Crippen LogP contribution is -2.37. The van der Waals surface area contributed by atoms with Crippen LogP contribution in [-0.2, 0) is 13.0 Å². The normalized spacial score (nSPS) is 17.9. The summed E-state index contributed by atoms with van der Waals surface area (Å²) in [6.45, 7) is 10.7. The fourth-order valence-electron chi connectivity index (χ4n) is 4.27. The molecule has 1 unspecified atom stereocenters. The minimum atomic E-state index is 0.538. The highest BCUT2D eigenvalue weighted by atomic mass is 15.2. The van der Waals surface area contributed by atoms with E-state index in [4.69, 9.17) is 0 Å². The summed E-state index contributed by atoms with van der Waals surface area (Å²) >= 11 is 0. The van der Waals surface area contributed by atoms with E-state index in [2.05, 4.69) is 76.0 Å². The van der Waals surface area contributed by atoms with E-state index in [1.165, 1.54) is 30.4 Å². The van der Waals surface area contributed by atoms with E-state index in [9.17, 15) is 0 Å². The smallest absolute Gasteiger partial charge is 0.132 e. The number of nitrogens with zero attached hydrogens (tertiary/aromatic N) is 4. The fraction of sp³-hybridized carbons (Fsp3) is 0.500. The number of nitrogens with one attached hydrogen (secondary N) is 1. The number of hydrogen-bond donors (Lipinski definition) is 1. The Morgan fingerprint density at radius 2 is 2.07 bits per heavy atom. The molecule has 0 spiro atoms. The highest BCUT2D eigenvalue weighted by Crippen LogP contribution is 2.27. The molecule has 0 bridgehead atoms. The first-order valence-corrected chi connectivity index (χ1v) is 10.9. The second kappa shape index (κ2) is 8.95. The van der Waals surface area contributed by atoms with Crippen LogP contribution in [-0.4, -0.2) is 47.6 Å². The Kier molecular flexibility index (Phi) is 6.14. The second-order valence-corrected chi connectivity index (χ2v) is 8.68. The summed E-state index contributed by atoms with van der Waals surface area (Å²) in [5, 5.41) is 3.50. The third kappa shape index (κ3) is 4.78. The predicted molar refractivity (Wildman–Crippen MR) is 120 cm³/mol. The molecule has 1 saturated carbocycles. The van der Waals surface area contributed by atoms with Crippen molar-refractivity contribution in [3.8, 4) is 0 Å². The van der Waals surface area contributed by atoms with Crippen LogP contribution in [0.4, 0.5) is 5.82 Å². The number of rotatable bonds is 8. The average Bonchev–Trinajstić information content (AvgIpc) is 2.70. The molecular weight excluding hydrogens is 358 g/mol. The third-order valence-corrected chi connectivity index (χ3v) is 6.39. The van der Waals surface area contributed by atoms with Crippen LogP contribution in [0.2, 0.25) is 0 Å². The van der Waals surface area contributed by atoms with Crippen molar-refractivity contribution in [3.05, 3.63) is 60.1 Å². The lowest BCUT2D eigenvalue weighted by molar-refractivity contribution is 0.220. The molecule has 1 aliphatic carbocycles. The Bertz CT molecular complexity index is 845. The van der Waals surface area contributed by atoms with Crippen molar-refractivity contribution in [2.24, 2.45) is 5.92 Å². The molecule has 29 heavy (non-hydrogen) atoms. The van der Waals surface area contributed by atoms with Crippen molar-refractivity contribution in [2.75, 3.05) is 31.6 Å². The highest BCUT2D eigenvalue weighted by Gasteiger charge is 2.23. The van der Waals surface area contributed by atoms with E-state index in [-0.39, 0.29) is 0 Å². The fourth-order valence-corrected chi connectivity index (χ4v) is 4.27. The van der Waals surface area contributed by atoms with Gasteiger partial charge in [-0.1, -0.05) is 37.8 Å². The maximum atomic E-state index is 4.45. The zero-order chi connectivity index (χ0) is 20.2. The van der Waals surface area contributed by atoms with Gasteiger partial charge in [-0.2, -0.15) is 0 Å². The number of benzene rings is 1. The van der Waals surface area contributed by atoms with Crippen molar-refractivity contribution in [1.82, 2.24) is 20.2 Å². The van der Waals surface area contributed by atoms with Crippen molar-refractivity contribution >= 4 is 11.5 Å². The van der Waals surface area contributed by atoms with E-state index in [1.807, 2.05) is 0 Å². The zero-order valence-electron chi connectivity index (χ0n) is 17.8. The lowest BCUT2D eigenvalue weighted by Gasteiger charge is -2.35. The Morgan fingerprint density at radius 3 is 2.83 bits per heavy atom. The van der Waals surface area contributed by atoms with Gasteiger partial charge in [-0.15, -0.1) is 0 Å². The van der Waals surface area contributed by atoms with Crippen molar-refractivity contribution in [1.29, 1.82) is 0 Å². The summed E-state index contributed by atoms with van der Waals surface area (Å²) in [6, 6.07) is 11.5. The molecule has 1 aromatic carbocycles. The van der Waals surface area contributed by atoms with Crippen LogP contribution in [0, 0.1) is 5.92 Å². The minimum Gasteiger partial charge on any atom is -0.383 e. The zero-order valence-corrected chi connectivity index (χ0v) is 17.8. The Morgan fingerprint density at radius 1 is 1.28 bits per heavy atom. The Balaban J connectivity index is 1.27. The monoisotopic (exact) mass is 391 g/mol. The number of hydrogen-bond acceptors (Lipinski definition) is 5. The van der Waals surface area contributed by atoms with Gasteiger partial charge in [0.1, 0.15) is 12.1 Å². The molecular formula is C24H33N5. The quantitative estimate of drug-likeness (QED) is 0.743. The van der Waals surface area contributed by atoms with Gasteiger partial charge in [0.25, 0.3) is 0 Å². The molecule has 1 atom stereocenters. The topological polar surface area (TPSA) is 44.3 Å². The molecule has 2 heterocycles. The number of anilines is 1.